The van der Waals surface area contributed by atoms with Crippen molar-refractivity contribution < 1.29 is 14.3 Å². The van der Waals surface area contributed by atoms with Crippen LogP contribution < -0.4 is 15.4 Å². The molecule has 2 N–H and O–H groups in total. The zero-order valence-electron chi connectivity index (χ0n) is 20.0. The van der Waals surface area contributed by atoms with Gasteiger partial charge in [-0.05, 0) is 49.6 Å². The highest BCUT2D eigenvalue weighted by atomic mass is 32.2. The van der Waals surface area contributed by atoms with E-state index in [1.165, 1.54) is 17.3 Å². The summed E-state index contributed by atoms with van der Waals surface area (Å²) in [4.78, 5) is 24.5. The molecule has 0 saturated heterocycles. The van der Waals surface area contributed by atoms with Crippen LogP contribution in [0.3, 0.4) is 0 Å². The number of amides is 2. The lowest BCUT2D eigenvalue weighted by Crippen LogP contribution is -2.29. The van der Waals surface area contributed by atoms with Gasteiger partial charge in [0.05, 0.1) is 12.3 Å². The van der Waals surface area contributed by atoms with Crippen LogP contribution in [0, 0.1) is 6.92 Å². The quantitative estimate of drug-likeness (QED) is 0.399. The number of thioether (sulfide) groups is 1. The monoisotopic (exact) mass is 481 g/mol. The van der Waals surface area contributed by atoms with Gasteiger partial charge in [-0.2, -0.15) is 0 Å². The minimum atomic E-state index is -0.245. The lowest BCUT2D eigenvalue weighted by atomic mass is 10.0. The van der Waals surface area contributed by atoms with Crippen molar-refractivity contribution in [3.63, 3.8) is 0 Å². The van der Waals surface area contributed by atoms with Gasteiger partial charge in [0.1, 0.15) is 5.75 Å². The van der Waals surface area contributed by atoms with Crippen molar-refractivity contribution in [2.75, 3.05) is 17.7 Å². The zero-order valence-corrected chi connectivity index (χ0v) is 20.8. The third-order valence-corrected chi connectivity index (χ3v) is 6.10. The number of anilines is 1. The van der Waals surface area contributed by atoms with Crippen molar-refractivity contribution >= 4 is 29.3 Å². The van der Waals surface area contributed by atoms with Crippen molar-refractivity contribution in [3.05, 3.63) is 65.5 Å². The van der Waals surface area contributed by atoms with E-state index in [1.807, 2.05) is 66.9 Å². The van der Waals surface area contributed by atoms with E-state index in [0.717, 1.165) is 11.3 Å². The summed E-state index contributed by atoms with van der Waals surface area (Å²) in [5.41, 5.74) is 3.11. The van der Waals surface area contributed by atoms with Crippen molar-refractivity contribution in [1.29, 1.82) is 0 Å². The summed E-state index contributed by atoms with van der Waals surface area (Å²) >= 11 is 1.31. The number of hydrogen-bond donors (Lipinski definition) is 2. The highest BCUT2D eigenvalue weighted by Gasteiger charge is 2.14. The molecule has 0 aliphatic rings. The predicted molar refractivity (Wildman–Crippen MR) is 134 cm³/mol. The van der Waals surface area contributed by atoms with E-state index in [-0.39, 0.29) is 30.7 Å². The summed E-state index contributed by atoms with van der Waals surface area (Å²) in [7, 11) is 0. The first kappa shape index (κ1) is 25.3. The smallest absolute Gasteiger partial charge is 0.258 e. The van der Waals surface area contributed by atoms with Crippen LogP contribution in [-0.4, -0.2) is 38.9 Å². The van der Waals surface area contributed by atoms with Crippen LogP contribution in [0.1, 0.15) is 43.6 Å². The first-order valence-corrected chi connectivity index (χ1v) is 12.2. The maximum absolute atomic E-state index is 12.3. The number of hydrogen-bond acceptors (Lipinski definition) is 6. The second-order valence-corrected chi connectivity index (χ2v) is 9.08. The number of nitrogens with one attached hydrogen (secondary N) is 2. The molecule has 0 saturated carbocycles. The van der Waals surface area contributed by atoms with Crippen LogP contribution in [0.2, 0.25) is 0 Å². The van der Waals surface area contributed by atoms with Gasteiger partial charge in [-0.15, -0.1) is 10.2 Å². The molecule has 9 heteroatoms. The first-order valence-electron chi connectivity index (χ1n) is 11.3. The highest BCUT2D eigenvalue weighted by Crippen LogP contribution is 2.19. The molecule has 180 valence electrons. The van der Waals surface area contributed by atoms with E-state index in [9.17, 15) is 9.59 Å². The van der Waals surface area contributed by atoms with Gasteiger partial charge in [0.15, 0.2) is 17.6 Å². The predicted octanol–water partition coefficient (Wildman–Crippen LogP) is 4.16. The molecule has 8 nitrogen and oxygen atoms in total. The topological polar surface area (TPSA) is 98.1 Å². The summed E-state index contributed by atoms with van der Waals surface area (Å²) in [6, 6.07) is 15.4. The van der Waals surface area contributed by atoms with Gasteiger partial charge in [0, 0.05) is 12.2 Å². The lowest BCUT2D eigenvalue weighted by molar-refractivity contribution is -0.123. The fraction of sp³-hybridized carbons (Fsp3) is 0.360. The number of rotatable bonds is 11. The fourth-order valence-corrected chi connectivity index (χ4v) is 3.99. The SMILES string of the molecule is CCn1c(CNC(=O)COc2ccc(C(C)C)cc2)nnc1SCC(=O)Nc1ccc(C)cc1. The number of aryl methyl sites for hydroxylation is 1. The van der Waals surface area contributed by atoms with Crippen molar-refractivity contribution in [2.45, 2.75) is 51.9 Å². The molecule has 34 heavy (non-hydrogen) atoms. The average molecular weight is 482 g/mol. The zero-order chi connectivity index (χ0) is 24.5. The van der Waals surface area contributed by atoms with Crippen LogP contribution in [0.5, 0.6) is 5.75 Å². The van der Waals surface area contributed by atoms with Crippen LogP contribution in [0.25, 0.3) is 0 Å². The number of carbonyl (C=O) groups is 2. The van der Waals surface area contributed by atoms with Gasteiger partial charge >= 0.3 is 0 Å². The summed E-state index contributed by atoms with van der Waals surface area (Å²) in [6.45, 7) is 8.99. The molecule has 1 aromatic heterocycles. The average Bonchev–Trinajstić information content (AvgIpc) is 3.23. The normalized spacial score (nSPS) is 10.9. The first-order chi connectivity index (χ1) is 16.4. The number of nitrogens with zero attached hydrogens (tertiary/aromatic N) is 3. The molecule has 0 spiro atoms. The van der Waals surface area contributed by atoms with Gasteiger partial charge < -0.3 is 19.9 Å². The molecule has 0 radical (unpaired) electrons. The van der Waals surface area contributed by atoms with Gasteiger partial charge in [0.25, 0.3) is 5.91 Å². The van der Waals surface area contributed by atoms with E-state index in [1.54, 1.807) is 0 Å². The van der Waals surface area contributed by atoms with E-state index in [2.05, 4.69) is 34.7 Å². The van der Waals surface area contributed by atoms with E-state index >= 15 is 0 Å². The molecule has 0 atom stereocenters. The van der Waals surface area contributed by atoms with Crippen LogP contribution in [0.15, 0.2) is 53.7 Å². The second kappa shape index (κ2) is 12.2. The standard InChI is InChI=1S/C25H31N5O3S/c1-5-30-22(14-26-23(31)15-33-21-12-8-19(9-13-21)17(2)3)28-29-25(30)34-16-24(32)27-20-10-6-18(4)7-11-20/h6-13,17H,5,14-16H2,1-4H3,(H,26,31)(H,27,32). The van der Waals surface area contributed by atoms with E-state index in [0.29, 0.717) is 29.2 Å². The highest BCUT2D eigenvalue weighted by molar-refractivity contribution is 7.99. The second-order valence-electron chi connectivity index (χ2n) is 8.14. The molecule has 0 bridgehead atoms. The number of ether oxygens (including phenoxy) is 1. The van der Waals surface area contributed by atoms with Crippen LogP contribution in [0.4, 0.5) is 5.69 Å². The molecule has 0 unspecified atom stereocenters. The number of carbonyl (C=O) groups excluding carboxylic acids is 2. The third kappa shape index (κ3) is 7.34. The Morgan fingerprint density at radius 3 is 2.38 bits per heavy atom. The Labute approximate surface area is 204 Å². The van der Waals surface area contributed by atoms with E-state index < -0.39 is 0 Å². The Morgan fingerprint density at radius 2 is 1.74 bits per heavy atom. The molecule has 0 fully saturated rings. The minimum absolute atomic E-state index is 0.0813. The van der Waals surface area contributed by atoms with Crippen LogP contribution in [-0.2, 0) is 22.7 Å². The Morgan fingerprint density at radius 1 is 1.03 bits per heavy atom. The largest absolute Gasteiger partial charge is 0.484 e. The summed E-state index contributed by atoms with van der Waals surface area (Å²) in [5.74, 6) is 1.57. The number of aromatic nitrogens is 3. The number of benzene rings is 2. The molecule has 1 heterocycles. The van der Waals surface area contributed by atoms with E-state index in [4.69, 9.17) is 4.74 Å². The molecule has 2 amide bonds. The van der Waals surface area contributed by atoms with Crippen LogP contribution >= 0.6 is 11.8 Å². The lowest BCUT2D eigenvalue weighted by Gasteiger charge is -2.10. The van der Waals surface area contributed by atoms with Gasteiger partial charge in [0.2, 0.25) is 5.91 Å². The van der Waals surface area contributed by atoms with Crippen molar-refractivity contribution in [2.24, 2.45) is 0 Å². The maximum Gasteiger partial charge on any atom is 0.258 e. The summed E-state index contributed by atoms with van der Waals surface area (Å²) < 4.78 is 7.45. The molecule has 3 rings (SSSR count). The molecular formula is C25H31N5O3S. The van der Waals surface area contributed by atoms with Gasteiger partial charge in [-0.1, -0.05) is 55.4 Å². The van der Waals surface area contributed by atoms with Crippen molar-refractivity contribution in [1.82, 2.24) is 20.1 Å². The summed E-state index contributed by atoms with van der Waals surface area (Å²) in [5, 5.41) is 14.7. The molecule has 2 aromatic carbocycles. The Balaban J connectivity index is 1.46. The Kier molecular flexibility index (Phi) is 9.09. The van der Waals surface area contributed by atoms with Gasteiger partial charge in [-0.25, -0.2) is 0 Å². The third-order valence-electron chi connectivity index (χ3n) is 5.14. The minimum Gasteiger partial charge on any atom is -0.484 e. The molecule has 0 aliphatic carbocycles. The molecule has 3 aromatic rings. The molecular weight excluding hydrogens is 450 g/mol. The molecule has 0 aliphatic heterocycles. The summed E-state index contributed by atoms with van der Waals surface area (Å²) in [6.07, 6.45) is 0. The Hall–Kier alpha value is -3.33. The maximum atomic E-state index is 12.3. The Bertz CT molecular complexity index is 1090. The van der Waals surface area contributed by atoms with Gasteiger partial charge in [-0.3, -0.25) is 9.59 Å². The van der Waals surface area contributed by atoms with Crippen molar-refractivity contribution in [3.8, 4) is 5.75 Å². The fourth-order valence-electron chi connectivity index (χ4n) is 3.16.